The Bertz CT molecular complexity index is 732. The summed E-state index contributed by atoms with van der Waals surface area (Å²) in [5.74, 6) is -0.0653. The van der Waals surface area contributed by atoms with E-state index >= 15 is 0 Å². The predicted molar refractivity (Wildman–Crippen MR) is 95.7 cm³/mol. The van der Waals surface area contributed by atoms with Gasteiger partial charge in [0.2, 0.25) is 0 Å². The van der Waals surface area contributed by atoms with E-state index in [1.807, 2.05) is 37.3 Å². The van der Waals surface area contributed by atoms with Crippen molar-refractivity contribution in [3.8, 4) is 0 Å². The Morgan fingerprint density at radius 1 is 1.28 bits per heavy atom. The van der Waals surface area contributed by atoms with Gasteiger partial charge in [0.25, 0.3) is 0 Å². The summed E-state index contributed by atoms with van der Waals surface area (Å²) in [7, 11) is 0. The van der Waals surface area contributed by atoms with Crippen LogP contribution in [0.2, 0.25) is 0 Å². The summed E-state index contributed by atoms with van der Waals surface area (Å²) in [5, 5.41) is 12.6. The van der Waals surface area contributed by atoms with Crippen LogP contribution >= 0.6 is 0 Å². The molecule has 0 aliphatic heterocycles. The van der Waals surface area contributed by atoms with Gasteiger partial charge in [-0.05, 0) is 48.9 Å². The molecule has 2 amide bonds. The molecule has 0 saturated heterocycles. The molecule has 2 aromatic carbocycles. The molecule has 1 fully saturated rings. The van der Waals surface area contributed by atoms with E-state index in [-0.39, 0.29) is 18.7 Å². The van der Waals surface area contributed by atoms with Crippen molar-refractivity contribution in [3.63, 3.8) is 0 Å². The molecule has 1 saturated carbocycles. The van der Waals surface area contributed by atoms with Crippen molar-refractivity contribution in [1.82, 2.24) is 4.90 Å². The van der Waals surface area contributed by atoms with E-state index in [4.69, 9.17) is 0 Å². The van der Waals surface area contributed by atoms with Crippen LogP contribution in [0.15, 0.2) is 48.5 Å². The molecular formula is C20H23FN2O2. The van der Waals surface area contributed by atoms with Crippen molar-refractivity contribution in [1.29, 1.82) is 0 Å². The summed E-state index contributed by atoms with van der Waals surface area (Å²) >= 11 is 0. The molecule has 5 heteroatoms. The van der Waals surface area contributed by atoms with Crippen LogP contribution in [0.25, 0.3) is 0 Å². The zero-order chi connectivity index (χ0) is 17.8. The van der Waals surface area contributed by atoms with Crippen molar-refractivity contribution in [3.05, 3.63) is 65.5 Å². The van der Waals surface area contributed by atoms with E-state index in [0.717, 1.165) is 24.0 Å². The molecule has 0 bridgehead atoms. The first-order valence-electron chi connectivity index (χ1n) is 8.57. The number of halogens is 1. The SMILES string of the molecule is Cc1ccc(F)cc1NC(=O)N(Cc1ccccc1)C(CO)C1CC1. The maximum Gasteiger partial charge on any atom is 0.322 e. The average molecular weight is 342 g/mol. The van der Waals surface area contributed by atoms with Gasteiger partial charge in [0.1, 0.15) is 5.82 Å². The van der Waals surface area contributed by atoms with Gasteiger partial charge >= 0.3 is 6.03 Å². The fraction of sp³-hybridized carbons (Fsp3) is 0.350. The predicted octanol–water partition coefficient (Wildman–Crippen LogP) is 3.94. The minimum absolute atomic E-state index is 0.0763. The molecule has 1 unspecified atom stereocenters. The quantitative estimate of drug-likeness (QED) is 0.835. The molecule has 2 aromatic rings. The minimum Gasteiger partial charge on any atom is -0.394 e. The van der Waals surface area contributed by atoms with Crippen molar-refractivity contribution < 1.29 is 14.3 Å². The third-order valence-electron chi connectivity index (χ3n) is 4.65. The monoisotopic (exact) mass is 342 g/mol. The number of carbonyl (C=O) groups excluding carboxylic acids is 1. The van der Waals surface area contributed by atoms with Crippen LogP contribution in [-0.2, 0) is 6.54 Å². The van der Waals surface area contributed by atoms with Gasteiger partial charge in [-0.15, -0.1) is 0 Å². The molecule has 4 nitrogen and oxygen atoms in total. The maximum absolute atomic E-state index is 13.5. The number of carbonyl (C=O) groups is 1. The van der Waals surface area contributed by atoms with Crippen LogP contribution in [0, 0.1) is 18.7 Å². The Morgan fingerprint density at radius 3 is 2.64 bits per heavy atom. The standard InChI is InChI=1S/C20H23FN2O2/c1-14-7-10-17(21)11-18(14)22-20(25)23(19(13-24)16-8-9-16)12-15-5-3-2-4-6-15/h2-7,10-11,16,19,24H,8-9,12-13H2,1H3,(H,22,25). The molecule has 2 N–H and O–H groups in total. The summed E-state index contributed by atoms with van der Waals surface area (Å²) in [5.41, 5.74) is 2.24. The van der Waals surface area contributed by atoms with E-state index in [1.165, 1.54) is 12.1 Å². The first-order chi connectivity index (χ1) is 12.1. The van der Waals surface area contributed by atoms with Gasteiger partial charge in [0, 0.05) is 12.2 Å². The van der Waals surface area contributed by atoms with Crippen molar-refractivity contribution in [2.75, 3.05) is 11.9 Å². The molecule has 0 spiro atoms. The molecule has 132 valence electrons. The molecule has 1 aliphatic rings. The number of anilines is 1. The largest absolute Gasteiger partial charge is 0.394 e. The second kappa shape index (κ2) is 7.66. The molecule has 25 heavy (non-hydrogen) atoms. The zero-order valence-corrected chi connectivity index (χ0v) is 14.3. The Morgan fingerprint density at radius 2 is 2.00 bits per heavy atom. The highest BCUT2D eigenvalue weighted by Gasteiger charge is 2.37. The lowest BCUT2D eigenvalue weighted by Gasteiger charge is -2.31. The number of amides is 2. The number of hydrogen-bond donors (Lipinski definition) is 2. The van der Waals surface area contributed by atoms with Gasteiger partial charge in [-0.3, -0.25) is 0 Å². The van der Waals surface area contributed by atoms with Gasteiger partial charge in [-0.2, -0.15) is 0 Å². The van der Waals surface area contributed by atoms with E-state index < -0.39 is 5.82 Å². The number of urea groups is 1. The smallest absolute Gasteiger partial charge is 0.322 e. The summed E-state index contributed by atoms with van der Waals surface area (Å²) in [6.45, 7) is 2.15. The van der Waals surface area contributed by atoms with Crippen LogP contribution in [0.1, 0.15) is 24.0 Å². The highest BCUT2D eigenvalue weighted by molar-refractivity contribution is 5.90. The molecule has 1 aliphatic carbocycles. The summed E-state index contributed by atoms with van der Waals surface area (Å²) in [4.78, 5) is 14.6. The summed E-state index contributed by atoms with van der Waals surface area (Å²) < 4.78 is 13.5. The Balaban J connectivity index is 1.82. The van der Waals surface area contributed by atoms with Crippen LogP contribution in [0.3, 0.4) is 0 Å². The van der Waals surface area contributed by atoms with E-state index in [2.05, 4.69) is 5.32 Å². The average Bonchev–Trinajstić information content (AvgIpc) is 3.44. The van der Waals surface area contributed by atoms with Crippen molar-refractivity contribution >= 4 is 11.7 Å². The second-order valence-corrected chi connectivity index (χ2v) is 6.59. The summed E-state index contributed by atoms with van der Waals surface area (Å²) in [6, 6.07) is 13.5. The number of nitrogens with one attached hydrogen (secondary N) is 1. The third-order valence-corrected chi connectivity index (χ3v) is 4.65. The molecule has 0 heterocycles. The van der Waals surface area contributed by atoms with E-state index in [9.17, 15) is 14.3 Å². The Hall–Kier alpha value is -2.40. The first-order valence-corrected chi connectivity index (χ1v) is 8.57. The lowest BCUT2D eigenvalue weighted by Crippen LogP contribution is -2.45. The zero-order valence-electron chi connectivity index (χ0n) is 14.3. The third kappa shape index (κ3) is 4.37. The Labute approximate surface area is 147 Å². The number of aliphatic hydroxyl groups is 1. The lowest BCUT2D eigenvalue weighted by atomic mass is 10.1. The second-order valence-electron chi connectivity index (χ2n) is 6.59. The van der Waals surface area contributed by atoms with E-state index in [1.54, 1.807) is 11.0 Å². The number of aliphatic hydroxyl groups excluding tert-OH is 1. The van der Waals surface area contributed by atoms with Gasteiger partial charge in [-0.1, -0.05) is 36.4 Å². The van der Waals surface area contributed by atoms with Crippen molar-refractivity contribution in [2.45, 2.75) is 32.4 Å². The lowest BCUT2D eigenvalue weighted by molar-refractivity contribution is 0.124. The summed E-state index contributed by atoms with van der Waals surface area (Å²) in [6.07, 6.45) is 2.03. The first kappa shape index (κ1) is 17.4. The van der Waals surface area contributed by atoms with Gasteiger partial charge in [0.05, 0.1) is 12.6 Å². The number of hydrogen-bond acceptors (Lipinski definition) is 2. The minimum atomic E-state index is -0.392. The van der Waals surface area contributed by atoms with Crippen LogP contribution < -0.4 is 5.32 Å². The number of rotatable bonds is 6. The van der Waals surface area contributed by atoms with Crippen LogP contribution in [0.5, 0.6) is 0 Å². The van der Waals surface area contributed by atoms with Crippen LogP contribution in [-0.4, -0.2) is 28.7 Å². The maximum atomic E-state index is 13.5. The van der Waals surface area contributed by atoms with Gasteiger partial charge in [-0.25, -0.2) is 9.18 Å². The molecule has 1 atom stereocenters. The molecule has 0 aromatic heterocycles. The number of benzene rings is 2. The van der Waals surface area contributed by atoms with Gasteiger partial charge in [0.15, 0.2) is 0 Å². The van der Waals surface area contributed by atoms with Crippen LogP contribution in [0.4, 0.5) is 14.9 Å². The number of aryl methyl sites for hydroxylation is 1. The highest BCUT2D eigenvalue weighted by Crippen LogP contribution is 2.36. The van der Waals surface area contributed by atoms with Crippen molar-refractivity contribution in [2.24, 2.45) is 5.92 Å². The molecular weight excluding hydrogens is 319 g/mol. The fourth-order valence-corrected chi connectivity index (χ4v) is 3.02. The van der Waals surface area contributed by atoms with Gasteiger partial charge < -0.3 is 15.3 Å². The Kier molecular flexibility index (Phi) is 5.34. The number of nitrogens with zero attached hydrogens (tertiary/aromatic N) is 1. The topological polar surface area (TPSA) is 52.6 Å². The molecule has 3 rings (SSSR count). The highest BCUT2D eigenvalue weighted by atomic mass is 19.1. The molecule has 0 radical (unpaired) electrons. The van der Waals surface area contributed by atoms with E-state index in [0.29, 0.717) is 18.2 Å². The normalized spacial score (nSPS) is 14.8. The fourth-order valence-electron chi connectivity index (χ4n) is 3.02.